The van der Waals surface area contributed by atoms with E-state index in [2.05, 4.69) is 5.32 Å². The van der Waals surface area contributed by atoms with Crippen molar-refractivity contribution in [2.45, 2.75) is 45.8 Å². The van der Waals surface area contributed by atoms with Crippen LogP contribution in [0.2, 0.25) is 0 Å². The minimum Gasteiger partial charge on any atom is -0.491 e. The van der Waals surface area contributed by atoms with Gasteiger partial charge in [-0.15, -0.1) is 0 Å². The standard InChI is InChI=1S/C23H25NO4/c1-15(2)28-20-12-8-7-11-18(20)19-13-21(25)24-16(3)22(19)23(26)27-14-17-9-5-4-6-10-17/h4-12,15,19H,13-14H2,1-3H3,(H,24,25). The summed E-state index contributed by atoms with van der Waals surface area (Å²) in [6, 6.07) is 17.1. The number of carbonyl (C=O) groups excluding carboxylic acids is 2. The average Bonchev–Trinajstić information content (AvgIpc) is 2.66. The first-order chi connectivity index (χ1) is 13.5. The van der Waals surface area contributed by atoms with Crippen LogP contribution in [0.5, 0.6) is 5.75 Å². The highest BCUT2D eigenvalue weighted by Gasteiger charge is 2.34. The molecule has 5 nitrogen and oxygen atoms in total. The molecule has 0 fully saturated rings. The number of rotatable bonds is 6. The molecule has 1 amide bonds. The Bertz CT molecular complexity index is 886. The van der Waals surface area contributed by atoms with Gasteiger partial charge in [-0.25, -0.2) is 4.79 Å². The monoisotopic (exact) mass is 379 g/mol. The minimum atomic E-state index is -0.425. The number of carbonyl (C=O) groups is 2. The van der Waals surface area contributed by atoms with Crippen LogP contribution in [0.4, 0.5) is 0 Å². The lowest BCUT2D eigenvalue weighted by molar-refractivity contribution is -0.141. The zero-order chi connectivity index (χ0) is 20.1. The third kappa shape index (κ3) is 4.60. The highest BCUT2D eigenvalue weighted by atomic mass is 16.5. The SMILES string of the molecule is CC1=C(C(=O)OCc2ccccc2)C(c2ccccc2OC(C)C)CC(=O)N1. The van der Waals surface area contributed by atoms with Gasteiger partial charge in [0.1, 0.15) is 12.4 Å². The van der Waals surface area contributed by atoms with Gasteiger partial charge < -0.3 is 14.8 Å². The van der Waals surface area contributed by atoms with Gasteiger partial charge >= 0.3 is 5.97 Å². The topological polar surface area (TPSA) is 64.6 Å². The summed E-state index contributed by atoms with van der Waals surface area (Å²) in [4.78, 5) is 25.1. The van der Waals surface area contributed by atoms with Crippen LogP contribution < -0.4 is 10.1 Å². The maximum Gasteiger partial charge on any atom is 0.336 e. The van der Waals surface area contributed by atoms with Crippen molar-refractivity contribution in [1.82, 2.24) is 5.32 Å². The number of para-hydroxylation sites is 1. The van der Waals surface area contributed by atoms with Gasteiger partial charge in [-0.2, -0.15) is 0 Å². The molecular weight excluding hydrogens is 354 g/mol. The summed E-state index contributed by atoms with van der Waals surface area (Å²) in [5.41, 5.74) is 2.72. The van der Waals surface area contributed by atoms with Crippen molar-refractivity contribution in [2.75, 3.05) is 0 Å². The molecule has 1 aliphatic rings. The maximum absolute atomic E-state index is 12.9. The predicted octanol–water partition coefficient (Wildman–Crippen LogP) is 4.09. The van der Waals surface area contributed by atoms with Crippen molar-refractivity contribution in [3.8, 4) is 5.75 Å². The Morgan fingerprint density at radius 1 is 1.11 bits per heavy atom. The fourth-order valence-electron chi connectivity index (χ4n) is 3.37. The first kappa shape index (κ1) is 19.7. The normalized spacial score (nSPS) is 16.7. The van der Waals surface area contributed by atoms with Crippen molar-refractivity contribution in [2.24, 2.45) is 0 Å². The molecule has 5 heteroatoms. The molecule has 146 valence electrons. The molecule has 28 heavy (non-hydrogen) atoms. The van der Waals surface area contributed by atoms with Crippen molar-refractivity contribution in [1.29, 1.82) is 0 Å². The van der Waals surface area contributed by atoms with E-state index in [9.17, 15) is 9.59 Å². The minimum absolute atomic E-state index is 0.0166. The van der Waals surface area contributed by atoms with E-state index in [-0.39, 0.29) is 25.0 Å². The number of benzene rings is 2. The van der Waals surface area contributed by atoms with Crippen LogP contribution in [0.3, 0.4) is 0 Å². The van der Waals surface area contributed by atoms with Crippen molar-refractivity contribution < 1.29 is 19.1 Å². The summed E-state index contributed by atoms with van der Waals surface area (Å²) in [5, 5.41) is 2.77. The molecule has 1 unspecified atom stereocenters. The first-order valence-corrected chi connectivity index (χ1v) is 9.43. The van der Waals surface area contributed by atoms with Gasteiger partial charge in [0.25, 0.3) is 0 Å². The van der Waals surface area contributed by atoms with Gasteiger partial charge in [0.15, 0.2) is 0 Å². The van der Waals surface area contributed by atoms with E-state index in [4.69, 9.17) is 9.47 Å². The van der Waals surface area contributed by atoms with Crippen LogP contribution in [0.25, 0.3) is 0 Å². The lowest BCUT2D eigenvalue weighted by Gasteiger charge is -2.28. The van der Waals surface area contributed by atoms with E-state index < -0.39 is 11.9 Å². The Balaban J connectivity index is 1.90. The average molecular weight is 379 g/mol. The zero-order valence-electron chi connectivity index (χ0n) is 16.4. The second kappa shape index (κ2) is 8.74. The van der Waals surface area contributed by atoms with Crippen LogP contribution in [0.15, 0.2) is 65.9 Å². The maximum atomic E-state index is 12.9. The molecule has 0 radical (unpaired) electrons. The Hall–Kier alpha value is -3.08. The molecule has 3 rings (SSSR count). The fraction of sp³-hybridized carbons (Fsp3) is 0.304. The van der Waals surface area contributed by atoms with Gasteiger partial charge in [-0.1, -0.05) is 48.5 Å². The number of nitrogens with one attached hydrogen (secondary N) is 1. The van der Waals surface area contributed by atoms with Crippen LogP contribution >= 0.6 is 0 Å². The van der Waals surface area contributed by atoms with Crippen LogP contribution in [0, 0.1) is 0 Å². The lowest BCUT2D eigenvalue weighted by atomic mass is 9.84. The molecule has 2 aromatic rings. The highest BCUT2D eigenvalue weighted by Crippen LogP contribution is 2.38. The molecule has 0 spiro atoms. The third-order valence-corrected chi connectivity index (χ3v) is 4.56. The fourth-order valence-corrected chi connectivity index (χ4v) is 3.37. The first-order valence-electron chi connectivity index (χ1n) is 9.43. The Labute approximate surface area is 165 Å². The third-order valence-electron chi connectivity index (χ3n) is 4.56. The summed E-state index contributed by atoms with van der Waals surface area (Å²) < 4.78 is 11.5. The van der Waals surface area contributed by atoms with Gasteiger partial charge in [0.2, 0.25) is 5.91 Å². The summed E-state index contributed by atoms with van der Waals surface area (Å²) in [6.07, 6.45) is 0.156. The van der Waals surface area contributed by atoms with E-state index in [0.29, 0.717) is 17.0 Å². The van der Waals surface area contributed by atoms with Gasteiger partial charge in [0.05, 0.1) is 11.7 Å². The van der Waals surface area contributed by atoms with Crippen LogP contribution in [0.1, 0.15) is 44.2 Å². The molecule has 1 atom stereocenters. The smallest absolute Gasteiger partial charge is 0.336 e. The van der Waals surface area contributed by atoms with Gasteiger partial charge in [0, 0.05) is 23.6 Å². The van der Waals surface area contributed by atoms with E-state index in [1.54, 1.807) is 6.92 Å². The van der Waals surface area contributed by atoms with Gasteiger partial charge in [-0.05, 0) is 32.4 Å². The van der Waals surface area contributed by atoms with E-state index in [0.717, 1.165) is 11.1 Å². The Morgan fingerprint density at radius 3 is 2.50 bits per heavy atom. The summed E-state index contributed by atoms with van der Waals surface area (Å²) in [7, 11) is 0. The van der Waals surface area contributed by atoms with Crippen molar-refractivity contribution in [3.63, 3.8) is 0 Å². The number of ether oxygens (including phenoxy) is 2. The second-order valence-electron chi connectivity index (χ2n) is 7.11. The number of allylic oxidation sites excluding steroid dienone is 1. The highest BCUT2D eigenvalue weighted by molar-refractivity contribution is 5.96. The second-order valence-corrected chi connectivity index (χ2v) is 7.11. The molecule has 0 aliphatic carbocycles. The number of hydrogen-bond donors (Lipinski definition) is 1. The van der Waals surface area contributed by atoms with Crippen molar-refractivity contribution >= 4 is 11.9 Å². The molecule has 0 bridgehead atoms. The molecule has 0 saturated heterocycles. The van der Waals surface area contributed by atoms with Crippen molar-refractivity contribution in [3.05, 3.63) is 77.0 Å². The molecule has 1 aliphatic heterocycles. The van der Waals surface area contributed by atoms with E-state index in [1.807, 2.05) is 68.4 Å². The number of hydrogen-bond acceptors (Lipinski definition) is 4. The largest absolute Gasteiger partial charge is 0.491 e. The van der Waals surface area contributed by atoms with Crippen LogP contribution in [-0.2, 0) is 20.9 Å². The molecule has 0 aromatic heterocycles. The Kier molecular flexibility index (Phi) is 6.14. The molecule has 2 aromatic carbocycles. The molecule has 1 heterocycles. The summed E-state index contributed by atoms with van der Waals surface area (Å²) in [6.45, 7) is 5.80. The van der Waals surface area contributed by atoms with E-state index >= 15 is 0 Å². The number of amides is 1. The zero-order valence-corrected chi connectivity index (χ0v) is 16.4. The Morgan fingerprint density at radius 2 is 1.79 bits per heavy atom. The summed E-state index contributed by atoms with van der Waals surface area (Å²) >= 11 is 0. The van der Waals surface area contributed by atoms with Gasteiger partial charge in [-0.3, -0.25) is 4.79 Å². The summed E-state index contributed by atoms with van der Waals surface area (Å²) in [5.74, 6) is -0.280. The van der Waals surface area contributed by atoms with E-state index in [1.165, 1.54) is 0 Å². The molecule has 1 N–H and O–H groups in total. The quantitative estimate of drug-likeness (QED) is 0.768. The lowest BCUT2D eigenvalue weighted by Crippen LogP contribution is -2.34. The molecule has 0 saturated carbocycles. The van der Waals surface area contributed by atoms with Crippen LogP contribution in [-0.4, -0.2) is 18.0 Å². The molecular formula is C23H25NO4. The number of esters is 1. The predicted molar refractivity (Wildman–Crippen MR) is 107 cm³/mol.